The number of hydrogen-bond donors (Lipinski definition) is 1. The molecule has 3 heterocycles. The molecule has 0 fully saturated rings. The molecule has 160 valence electrons. The van der Waals surface area contributed by atoms with Crippen molar-refractivity contribution in [2.75, 3.05) is 0 Å². The number of carbonyl (C=O) groups excluding carboxylic acids is 1. The Hall–Kier alpha value is -3.61. The number of aromatic nitrogens is 4. The van der Waals surface area contributed by atoms with Crippen LogP contribution in [-0.4, -0.2) is 25.7 Å². The molecule has 1 N–H and O–H groups in total. The summed E-state index contributed by atoms with van der Waals surface area (Å²) in [4.78, 5) is 21.1. The standard InChI is InChI=1S/C22H16ClFN6OS/c1-2-19-21(32-12-28-19)22(31)27-10-20-18(24)6-16(9-26-20)30-11-15(8-29-30)13-3-4-14(7-25)17(23)5-13/h3-6,8-9,11-12H,2,10H2,1H3,(H,27,31). The average Bonchev–Trinajstić information content (AvgIpc) is 3.48. The quantitative estimate of drug-likeness (QED) is 0.449. The summed E-state index contributed by atoms with van der Waals surface area (Å²) in [5.74, 6) is -0.853. The lowest BCUT2D eigenvalue weighted by Gasteiger charge is -2.07. The van der Waals surface area contributed by atoms with Gasteiger partial charge in [0.05, 0.1) is 52.1 Å². The molecule has 7 nitrogen and oxygen atoms in total. The second kappa shape index (κ2) is 9.26. The van der Waals surface area contributed by atoms with Gasteiger partial charge in [0.15, 0.2) is 0 Å². The number of hydrogen-bond acceptors (Lipinski definition) is 6. The number of rotatable bonds is 6. The summed E-state index contributed by atoms with van der Waals surface area (Å²) < 4.78 is 16.1. The van der Waals surface area contributed by atoms with E-state index in [0.717, 1.165) is 11.1 Å². The van der Waals surface area contributed by atoms with E-state index in [0.29, 0.717) is 33.3 Å². The zero-order valence-corrected chi connectivity index (χ0v) is 18.4. The van der Waals surface area contributed by atoms with Crippen LogP contribution >= 0.6 is 22.9 Å². The topological polar surface area (TPSA) is 96.5 Å². The molecule has 10 heteroatoms. The number of pyridine rings is 1. The van der Waals surface area contributed by atoms with Crippen LogP contribution in [-0.2, 0) is 13.0 Å². The molecule has 32 heavy (non-hydrogen) atoms. The van der Waals surface area contributed by atoms with Crippen LogP contribution in [0.2, 0.25) is 5.02 Å². The van der Waals surface area contributed by atoms with E-state index in [-0.39, 0.29) is 18.1 Å². The van der Waals surface area contributed by atoms with Crippen LogP contribution in [0.25, 0.3) is 16.8 Å². The Kier molecular flexibility index (Phi) is 6.25. The predicted molar refractivity (Wildman–Crippen MR) is 119 cm³/mol. The number of benzene rings is 1. The predicted octanol–water partition coefficient (Wildman–Crippen LogP) is 4.55. The van der Waals surface area contributed by atoms with Crippen molar-refractivity contribution in [2.24, 2.45) is 0 Å². The molecule has 0 bridgehead atoms. The van der Waals surface area contributed by atoms with Gasteiger partial charge in [0.2, 0.25) is 0 Å². The third kappa shape index (κ3) is 4.37. The van der Waals surface area contributed by atoms with E-state index in [9.17, 15) is 9.18 Å². The fourth-order valence-corrected chi connectivity index (χ4v) is 4.08. The summed E-state index contributed by atoms with van der Waals surface area (Å²) in [5.41, 5.74) is 4.81. The molecule has 0 aliphatic carbocycles. The zero-order valence-electron chi connectivity index (χ0n) is 16.8. The summed E-state index contributed by atoms with van der Waals surface area (Å²) in [6, 6.07) is 8.40. The first-order chi connectivity index (χ1) is 15.5. The van der Waals surface area contributed by atoms with Crippen LogP contribution in [0, 0.1) is 17.1 Å². The number of nitriles is 1. The van der Waals surface area contributed by atoms with Gasteiger partial charge in [-0.25, -0.2) is 14.1 Å². The van der Waals surface area contributed by atoms with Crippen molar-refractivity contribution in [3.8, 4) is 22.9 Å². The van der Waals surface area contributed by atoms with Crippen molar-refractivity contribution in [1.29, 1.82) is 5.26 Å². The highest BCUT2D eigenvalue weighted by Gasteiger charge is 2.15. The van der Waals surface area contributed by atoms with Gasteiger partial charge in [-0.2, -0.15) is 10.4 Å². The zero-order chi connectivity index (χ0) is 22.7. The average molecular weight is 467 g/mol. The second-order valence-electron chi connectivity index (χ2n) is 6.77. The van der Waals surface area contributed by atoms with Crippen LogP contribution in [0.3, 0.4) is 0 Å². The second-order valence-corrected chi connectivity index (χ2v) is 8.03. The Bertz CT molecular complexity index is 1340. The fraction of sp³-hybridized carbons (Fsp3) is 0.136. The van der Waals surface area contributed by atoms with Crippen LogP contribution in [0.5, 0.6) is 0 Å². The lowest BCUT2D eigenvalue weighted by molar-refractivity contribution is 0.0953. The molecule has 0 radical (unpaired) electrons. The third-order valence-corrected chi connectivity index (χ3v) is 5.95. The molecule has 4 aromatic rings. The van der Waals surface area contributed by atoms with E-state index in [4.69, 9.17) is 16.9 Å². The highest BCUT2D eigenvalue weighted by Crippen LogP contribution is 2.26. The van der Waals surface area contributed by atoms with E-state index in [1.807, 2.05) is 13.0 Å². The Morgan fingerprint density at radius 1 is 1.25 bits per heavy atom. The van der Waals surface area contributed by atoms with Crippen molar-refractivity contribution in [3.05, 3.63) is 81.0 Å². The molecular formula is C22H16ClFN6OS. The molecule has 0 aliphatic heterocycles. The van der Waals surface area contributed by atoms with Gasteiger partial charge in [0, 0.05) is 17.8 Å². The Balaban J connectivity index is 1.48. The fourth-order valence-electron chi connectivity index (χ4n) is 3.06. The molecule has 0 unspecified atom stereocenters. The van der Waals surface area contributed by atoms with Crippen molar-refractivity contribution >= 4 is 28.8 Å². The lowest BCUT2D eigenvalue weighted by Crippen LogP contribution is -2.24. The molecule has 1 amide bonds. The number of thiazole rings is 1. The molecule has 3 aromatic heterocycles. The van der Waals surface area contributed by atoms with Crippen LogP contribution in [0.4, 0.5) is 4.39 Å². The highest BCUT2D eigenvalue weighted by atomic mass is 35.5. The first-order valence-electron chi connectivity index (χ1n) is 9.60. The van der Waals surface area contributed by atoms with E-state index in [1.165, 1.54) is 28.3 Å². The molecule has 0 saturated heterocycles. The van der Waals surface area contributed by atoms with Gasteiger partial charge in [0.25, 0.3) is 5.91 Å². The first-order valence-corrected chi connectivity index (χ1v) is 10.9. The molecule has 1 aromatic carbocycles. The number of amides is 1. The summed E-state index contributed by atoms with van der Waals surface area (Å²) in [6.07, 6.45) is 5.46. The minimum Gasteiger partial charge on any atom is -0.346 e. The van der Waals surface area contributed by atoms with Crippen LogP contribution in [0.1, 0.15) is 33.5 Å². The van der Waals surface area contributed by atoms with Crippen LogP contribution in [0.15, 0.2) is 48.4 Å². The monoisotopic (exact) mass is 466 g/mol. The largest absolute Gasteiger partial charge is 0.346 e. The summed E-state index contributed by atoms with van der Waals surface area (Å²) >= 11 is 7.35. The van der Waals surface area contributed by atoms with E-state index >= 15 is 0 Å². The van der Waals surface area contributed by atoms with E-state index in [2.05, 4.69) is 20.4 Å². The number of carbonyl (C=O) groups is 1. The van der Waals surface area contributed by atoms with Gasteiger partial charge in [-0.15, -0.1) is 11.3 Å². The van der Waals surface area contributed by atoms with Gasteiger partial charge in [0.1, 0.15) is 16.8 Å². The van der Waals surface area contributed by atoms with Crippen LogP contribution < -0.4 is 5.32 Å². The summed E-state index contributed by atoms with van der Waals surface area (Å²) in [7, 11) is 0. The number of halogens is 2. The van der Waals surface area contributed by atoms with Crippen molar-refractivity contribution in [1.82, 2.24) is 25.1 Å². The molecule has 0 spiro atoms. The molecule has 0 saturated carbocycles. The van der Waals surface area contributed by atoms with Crippen molar-refractivity contribution in [2.45, 2.75) is 19.9 Å². The molecule has 0 atom stereocenters. The normalized spacial score (nSPS) is 10.7. The smallest absolute Gasteiger partial charge is 0.263 e. The molecule has 4 rings (SSSR count). The van der Waals surface area contributed by atoms with Gasteiger partial charge in [-0.05, 0) is 24.1 Å². The Morgan fingerprint density at radius 2 is 2.09 bits per heavy atom. The SMILES string of the molecule is CCc1ncsc1C(=O)NCc1ncc(-n2cc(-c3ccc(C#N)c(Cl)c3)cn2)cc1F. The summed E-state index contributed by atoms with van der Waals surface area (Å²) in [6.45, 7) is 1.88. The minimum absolute atomic E-state index is 0.0416. The minimum atomic E-state index is -0.554. The first kappa shape index (κ1) is 21.6. The Morgan fingerprint density at radius 3 is 2.81 bits per heavy atom. The molecule has 0 aliphatic rings. The lowest BCUT2D eigenvalue weighted by atomic mass is 10.1. The van der Waals surface area contributed by atoms with E-state index < -0.39 is 5.82 Å². The maximum absolute atomic E-state index is 14.6. The van der Waals surface area contributed by atoms with Gasteiger partial charge in [-0.1, -0.05) is 24.6 Å². The maximum atomic E-state index is 14.6. The maximum Gasteiger partial charge on any atom is 0.263 e. The van der Waals surface area contributed by atoms with E-state index in [1.54, 1.807) is 36.1 Å². The number of aryl methyl sites for hydroxylation is 1. The summed E-state index contributed by atoms with van der Waals surface area (Å²) in [5, 5.41) is 16.3. The highest BCUT2D eigenvalue weighted by molar-refractivity contribution is 7.11. The molecular weight excluding hydrogens is 451 g/mol. The van der Waals surface area contributed by atoms with Gasteiger partial charge < -0.3 is 5.32 Å². The number of nitrogens with zero attached hydrogens (tertiary/aromatic N) is 5. The van der Waals surface area contributed by atoms with Gasteiger partial charge >= 0.3 is 0 Å². The van der Waals surface area contributed by atoms with Crippen molar-refractivity contribution in [3.63, 3.8) is 0 Å². The third-order valence-electron chi connectivity index (χ3n) is 4.77. The Labute approximate surface area is 192 Å². The number of nitrogens with one attached hydrogen (secondary N) is 1. The van der Waals surface area contributed by atoms with Gasteiger partial charge in [-0.3, -0.25) is 9.78 Å². The van der Waals surface area contributed by atoms with Crippen molar-refractivity contribution < 1.29 is 9.18 Å².